The Kier molecular flexibility index (Phi) is 7.43. The molecule has 0 aliphatic carbocycles. The van der Waals surface area contributed by atoms with Crippen molar-refractivity contribution in [3.8, 4) is 17.2 Å². The zero-order valence-electron chi connectivity index (χ0n) is 16.6. The number of para-hydroxylation sites is 1. The highest BCUT2D eigenvalue weighted by Gasteiger charge is 2.29. The smallest absolute Gasteiger partial charge is 0.416 e. The van der Waals surface area contributed by atoms with E-state index in [9.17, 15) is 18.0 Å². The zero-order valence-corrected chi connectivity index (χ0v) is 17.4. The lowest BCUT2D eigenvalue weighted by Gasteiger charge is -2.13. The number of halogens is 4. The van der Waals surface area contributed by atoms with Crippen molar-refractivity contribution >= 4 is 23.6 Å². The monoisotopic (exact) mass is 462 g/mol. The predicted molar refractivity (Wildman–Crippen MR) is 115 cm³/mol. The van der Waals surface area contributed by atoms with Crippen molar-refractivity contribution in [3.05, 3.63) is 94.5 Å². The fourth-order valence-electron chi connectivity index (χ4n) is 2.82. The number of alkyl halides is 3. The molecule has 0 saturated carbocycles. The van der Waals surface area contributed by atoms with E-state index in [1.165, 1.54) is 12.1 Å². The van der Waals surface area contributed by atoms with Gasteiger partial charge in [0, 0.05) is 0 Å². The topological polar surface area (TPSA) is 55.8 Å². The number of aliphatic carboxylic acids is 1. The van der Waals surface area contributed by atoms with Crippen molar-refractivity contribution in [2.24, 2.45) is 0 Å². The summed E-state index contributed by atoms with van der Waals surface area (Å²) in [5, 5.41) is 9.25. The molecule has 0 atom stereocenters. The fraction of sp³-hybridized carbons (Fsp3) is 0.125. The quantitative estimate of drug-likeness (QED) is 0.397. The van der Waals surface area contributed by atoms with Gasteiger partial charge in [-0.05, 0) is 53.6 Å². The predicted octanol–water partition coefficient (Wildman–Crippen LogP) is 6.87. The van der Waals surface area contributed by atoms with Crippen LogP contribution in [-0.4, -0.2) is 17.7 Å². The summed E-state index contributed by atoms with van der Waals surface area (Å²) in [5.41, 5.74) is 0.461. The second kappa shape index (κ2) is 10.2. The molecule has 1 N–H and O–H groups in total. The number of carboxylic acid groups (broad SMARTS) is 1. The maximum Gasteiger partial charge on any atom is 0.416 e. The molecule has 0 aliphatic rings. The normalized spacial score (nSPS) is 11.5. The van der Waals surface area contributed by atoms with Gasteiger partial charge in [0.05, 0.1) is 17.0 Å². The van der Waals surface area contributed by atoms with Crippen molar-refractivity contribution in [2.75, 3.05) is 6.61 Å². The van der Waals surface area contributed by atoms with Crippen LogP contribution in [0.25, 0.3) is 6.08 Å². The van der Waals surface area contributed by atoms with Crippen LogP contribution in [0, 0.1) is 0 Å². The maximum absolute atomic E-state index is 12.6. The number of carbonyl (C=O) groups is 1. The molecular weight excluding hydrogens is 445 g/mol. The van der Waals surface area contributed by atoms with Crippen LogP contribution in [0.15, 0.2) is 72.8 Å². The summed E-state index contributed by atoms with van der Waals surface area (Å²) in [5.74, 6) is 0.0773. The number of hydrogen-bond acceptors (Lipinski definition) is 3. The van der Waals surface area contributed by atoms with Crippen molar-refractivity contribution in [1.82, 2.24) is 0 Å². The van der Waals surface area contributed by atoms with E-state index in [2.05, 4.69) is 0 Å². The molecule has 8 heteroatoms. The average Bonchev–Trinajstić information content (AvgIpc) is 2.73. The SMILES string of the molecule is O=C(O)Cc1cccc(Oc2c(Cl)cccc2OC/C=C/c2ccc(C(F)(F)F)cc2)c1. The Labute approximate surface area is 187 Å². The summed E-state index contributed by atoms with van der Waals surface area (Å²) in [7, 11) is 0. The van der Waals surface area contributed by atoms with E-state index in [1.54, 1.807) is 54.6 Å². The van der Waals surface area contributed by atoms with Gasteiger partial charge in [-0.25, -0.2) is 0 Å². The van der Waals surface area contributed by atoms with Gasteiger partial charge in [0.25, 0.3) is 0 Å². The van der Waals surface area contributed by atoms with Gasteiger partial charge in [0.1, 0.15) is 12.4 Å². The van der Waals surface area contributed by atoms with Crippen LogP contribution >= 0.6 is 11.6 Å². The largest absolute Gasteiger partial charge is 0.486 e. The first-order chi connectivity index (χ1) is 15.2. The Morgan fingerprint density at radius 2 is 1.75 bits per heavy atom. The second-order valence-electron chi connectivity index (χ2n) is 6.72. The molecule has 3 aromatic rings. The lowest BCUT2D eigenvalue weighted by atomic mass is 10.1. The first-order valence-electron chi connectivity index (χ1n) is 9.46. The molecule has 0 bridgehead atoms. The van der Waals surface area contributed by atoms with Gasteiger partial charge in [-0.1, -0.05) is 48.0 Å². The van der Waals surface area contributed by atoms with Gasteiger partial charge in [-0.3, -0.25) is 4.79 Å². The van der Waals surface area contributed by atoms with E-state index in [0.29, 0.717) is 27.6 Å². The van der Waals surface area contributed by atoms with Crippen molar-refractivity contribution < 1.29 is 32.5 Å². The third kappa shape index (κ3) is 6.52. The molecule has 0 heterocycles. The standard InChI is InChI=1S/C24H18ClF3O4/c25-20-7-2-8-21(23(20)32-19-6-1-4-17(14-19)15-22(29)30)31-13-3-5-16-9-11-18(12-10-16)24(26,27)28/h1-12,14H,13,15H2,(H,29,30)/b5-3+. The molecule has 0 aliphatic heterocycles. The van der Waals surface area contributed by atoms with Gasteiger partial charge in [-0.2, -0.15) is 13.2 Å². The van der Waals surface area contributed by atoms with E-state index < -0.39 is 17.7 Å². The number of ether oxygens (including phenoxy) is 2. The Hall–Kier alpha value is -3.45. The molecule has 0 fully saturated rings. The maximum atomic E-state index is 12.6. The van der Waals surface area contributed by atoms with Gasteiger partial charge in [0.2, 0.25) is 0 Å². The summed E-state index contributed by atoms with van der Waals surface area (Å²) in [6.07, 6.45) is -1.22. The lowest BCUT2D eigenvalue weighted by Crippen LogP contribution is -2.04. The minimum absolute atomic E-state index is 0.122. The minimum Gasteiger partial charge on any atom is -0.486 e. The van der Waals surface area contributed by atoms with Crippen molar-refractivity contribution in [3.63, 3.8) is 0 Å². The molecule has 32 heavy (non-hydrogen) atoms. The summed E-state index contributed by atoms with van der Waals surface area (Å²) < 4.78 is 49.5. The van der Waals surface area contributed by atoms with Gasteiger partial charge in [0.15, 0.2) is 11.5 Å². The first kappa shape index (κ1) is 23.2. The molecule has 0 saturated heterocycles. The van der Waals surface area contributed by atoms with E-state index >= 15 is 0 Å². The van der Waals surface area contributed by atoms with Gasteiger partial charge < -0.3 is 14.6 Å². The Balaban J connectivity index is 1.67. The number of benzene rings is 3. The lowest BCUT2D eigenvalue weighted by molar-refractivity contribution is -0.138. The molecule has 3 rings (SSSR count). The highest BCUT2D eigenvalue weighted by molar-refractivity contribution is 6.32. The summed E-state index contributed by atoms with van der Waals surface area (Å²) in [6, 6.07) is 16.4. The molecular formula is C24H18ClF3O4. The van der Waals surface area contributed by atoms with Crippen LogP contribution in [0.5, 0.6) is 17.2 Å². The van der Waals surface area contributed by atoms with Gasteiger partial charge >= 0.3 is 12.1 Å². The molecule has 0 aromatic heterocycles. The van der Waals surface area contributed by atoms with E-state index in [-0.39, 0.29) is 18.8 Å². The van der Waals surface area contributed by atoms with E-state index in [4.69, 9.17) is 26.2 Å². The number of rotatable bonds is 8. The number of carboxylic acids is 1. The van der Waals surface area contributed by atoms with Crippen molar-refractivity contribution in [2.45, 2.75) is 12.6 Å². The Bertz CT molecular complexity index is 1110. The molecule has 0 radical (unpaired) electrons. The Morgan fingerprint density at radius 3 is 2.44 bits per heavy atom. The van der Waals surface area contributed by atoms with Crippen LogP contribution < -0.4 is 9.47 Å². The molecule has 0 amide bonds. The van der Waals surface area contributed by atoms with Crippen LogP contribution in [0.4, 0.5) is 13.2 Å². The molecule has 0 spiro atoms. The van der Waals surface area contributed by atoms with Crippen molar-refractivity contribution in [1.29, 1.82) is 0 Å². The summed E-state index contributed by atoms with van der Waals surface area (Å²) in [6.45, 7) is 0.122. The highest BCUT2D eigenvalue weighted by Crippen LogP contribution is 2.38. The van der Waals surface area contributed by atoms with Gasteiger partial charge in [-0.15, -0.1) is 0 Å². The molecule has 4 nitrogen and oxygen atoms in total. The average molecular weight is 463 g/mol. The van der Waals surface area contributed by atoms with E-state index in [0.717, 1.165) is 12.1 Å². The Morgan fingerprint density at radius 1 is 1.03 bits per heavy atom. The second-order valence-corrected chi connectivity index (χ2v) is 7.13. The van der Waals surface area contributed by atoms with Crippen LogP contribution in [-0.2, 0) is 17.4 Å². The summed E-state index contributed by atoms with van der Waals surface area (Å²) >= 11 is 6.25. The van der Waals surface area contributed by atoms with E-state index in [1.807, 2.05) is 0 Å². The minimum atomic E-state index is -4.37. The van der Waals surface area contributed by atoms with Crippen LogP contribution in [0.1, 0.15) is 16.7 Å². The fourth-order valence-corrected chi connectivity index (χ4v) is 3.02. The highest BCUT2D eigenvalue weighted by atomic mass is 35.5. The summed E-state index contributed by atoms with van der Waals surface area (Å²) in [4.78, 5) is 10.9. The molecule has 0 unspecified atom stereocenters. The third-order valence-electron chi connectivity index (χ3n) is 4.29. The van der Waals surface area contributed by atoms with Crippen LogP contribution in [0.2, 0.25) is 5.02 Å². The van der Waals surface area contributed by atoms with Crippen LogP contribution in [0.3, 0.4) is 0 Å². The molecule has 166 valence electrons. The molecule has 3 aromatic carbocycles. The zero-order chi connectivity index (χ0) is 23.1. The number of hydrogen-bond donors (Lipinski definition) is 1. The first-order valence-corrected chi connectivity index (χ1v) is 9.84. The third-order valence-corrected chi connectivity index (χ3v) is 4.59.